The fourth-order valence-corrected chi connectivity index (χ4v) is 1.98. The van der Waals surface area contributed by atoms with E-state index in [0.717, 1.165) is 5.56 Å². The van der Waals surface area contributed by atoms with Crippen LogP contribution >= 0.6 is 0 Å². The molecule has 2 aromatic rings. The molecule has 0 aliphatic rings. The molecule has 0 aromatic heterocycles. The standard InChI is InChI=1S/C17H17NO4/c1-21-13-8-9-14(17(18)20)15(11-13)22-16(19)10-7-12-5-3-2-4-6-12/h2-6,8-9,11H,7,10H2,1H3,(H2,18,20). The Kier molecular flexibility index (Phi) is 5.14. The summed E-state index contributed by atoms with van der Waals surface area (Å²) < 4.78 is 10.3. The van der Waals surface area contributed by atoms with Gasteiger partial charge in [0, 0.05) is 12.5 Å². The molecule has 1 amide bonds. The number of rotatable bonds is 6. The second kappa shape index (κ2) is 7.26. The molecule has 2 rings (SSSR count). The van der Waals surface area contributed by atoms with Crippen LogP contribution in [0.25, 0.3) is 0 Å². The van der Waals surface area contributed by atoms with Crippen LogP contribution in [0.2, 0.25) is 0 Å². The van der Waals surface area contributed by atoms with Gasteiger partial charge in [0.05, 0.1) is 12.7 Å². The third-order valence-corrected chi connectivity index (χ3v) is 3.14. The molecule has 0 aliphatic heterocycles. The van der Waals surface area contributed by atoms with Crippen molar-refractivity contribution in [1.82, 2.24) is 0 Å². The van der Waals surface area contributed by atoms with Crippen molar-refractivity contribution >= 4 is 11.9 Å². The second-order valence-electron chi connectivity index (χ2n) is 4.69. The first-order chi connectivity index (χ1) is 10.6. The zero-order chi connectivity index (χ0) is 15.9. The molecule has 0 bridgehead atoms. The summed E-state index contributed by atoms with van der Waals surface area (Å²) in [6, 6.07) is 14.1. The number of aryl methyl sites for hydroxylation is 1. The van der Waals surface area contributed by atoms with Crippen molar-refractivity contribution in [2.75, 3.05) is 7.11 Å². The van der Waals surface area contributed by atoms with Crippen LogP contribution in [0.15, 0.2) is 48.5 Å². The maximum absolute atomic E-state index is 11.9. The van der Waals surface area contributed by atoms with Gasteiger partial charge in [-0.1, -0.05) is 30.3 Å². The van der Waals surface area contributed by atoms with Gasteiger partial charge in [-0.25, -0.2) is 0 Å². The number of carbonyl (C=O) groups is 2. The lowest BCUT2D eigenvalue weighted by Crippen LogP contribution is -2.16. The predicted octanol–water partition coefficient (Wildman–Crippen LogP) is 2.33. The van der Waals surface area contributed by atoms with E-state index in [-0.39, 0.29) is 17.7 Å². The molecule has 0 saturated carbocycles. The van der Waals surface area contributed by atoms with Crippen LogP contribution in [0.5, 0.6) is 11.5 Å². The van der Waals surface area contributed by atoms with E-state index in [2.05, 4.69) is 0 Å². The van der Waals surface area contributed by atoms with Gasteiger partial charge in [0.25, 0.3) is 5.91 Å². The first kappa shape index (κ1) is 15.6. The number of ether oxygens (including phenoxy) is 2. The van der Waals surface area contributed by atoms with Gasteiger partial charge in [0.15, 0.2) is 0 Å². The minimum Gasteiger partial charge on any atom is -0.497 e. The fraction of sp³-hybridized carbons (Fsp3) is 0.176. The summed E-state index contributed by atoms with van der Waals surface area (Å²) in [4.78, 5) is 23.3. The van der Waals surface area contributed by atoms with E-state index < -0.39 is 11.9 Å². The van der Waals surface area contributed by atoms with Crippen LogP contribution in [-0.4, -0.2) is 19.0 Å². The molecule has 0 spiro atoms. The summed E-state index contributed by atoms with van der Waals surface area (Å²) in [5.74, 6) is -0.492. The van der Waals surface area contributed by atoms with Gasteiger partial charge in [-0.3, -0.25) is 9.59 Å². The van der Waals surface area contributed by atoms with Gasteiger partial charge < -0.3 is 15.2 Å². The molecule has 5 heteroatoms. The minimum absolute atomic E-state index is 0.116. The van der Waals surface area contributed by atoms with E-state index in [1.165, 1.54) is 19.2 Å². The zero-order valence-electron chi connectivity index (χ0n) is 12.2. The summed E-state index contributed by atoms with van der Waals surface area (Å²) in [7, 11) is 1.49. The number of nitrogens with two attached hydrogens (primary N) is 1. The van der Waals surface area contributed by atoms with Crippen molar-refractivity contribution in [3.63, 3.8) is 0 Å². The van der Waals surface area contributed by atoms with Gasteiger partial charge in [-0.15, -0.1) is 0 Å². The van der Waals surface area contributed by atoms with Gasteiger partial charge in [-0.2, -0.15) is 0 Å². The van der Waals surface area contributed by atoms with Crippen molar-refractivity contribution in [1.29, 1.82) is 0 Å². The predicted molar refractivity (Wildman–Crippen MR) is 81.9 cm³/mol. The lowest BCUT2D eigenvalue weighted by Gasteiger charge is -2.10. The molecule has 0 fully saturated rings. The van der Waals surface area contributed by atoms with Crippen LogP contribution in [-0.2, 0) is 11.2 Å². The molecule has 0 radical (unpaired) electrons. The molecule has 0 unspecified atom stereocenters. The smallest absolute Gasteiger partial charge is 0.311 e. The zero-order valence-corrected chi connectivity index (χ0v) is 12.2. The second-order valence-corrected chi connectivity index (χ2v) is 4.69. The number of primary amides is 1. The molecule has 0 aliphatic carbocycles. The Bertz CT molecular complexity index is 668. The molecule has 114 valence electrons. The number of carbonyl (C=O) groups excluding carboxylic acids is 2. The van der Waals surface area contributed by atoms with E-state index in [4.69, 9.17) is 15.2 Å². The molecule has 22 heavy (non-hydrogen) atoms. The summed E-state index contributed by atoms with van der Waals surface area (Å²) in [5, 5.41) is 0. The normalized spacial score (nSPS) is 10.0. The SMILES string of the molecule is COc1ccc(C(N)=O)c(OC(=O)CCc2ccccc2)c1. The van der Waals surface area contributed by atoms with Crippen molar-refractivity contribution in [2.24, 2.45) is 5.73 Å². The number of hydrogen-bond acceptors (Lipinski definition) is 4. The molecule has 5 nitrogen and oxygen atoms in total. The van der Waals surface area contributed by atoms with Gasteiger partial charge in [-0.05, 0) is 24.1 Å². The van der Waals surface area contributed by atoms with Gasteiger partial charge in [0.1, 0.15) is 11.5 Å². The average molecular weight is 299 g/mol. The number of amides is 1. The Balaban J connectivity index is 2.05. The van der Waals surface area contributed by atoms with Crippen LogP contribution in [0.3, 0.4) is 0 Å². The molecule has 0 saturated heterocycles. The highest BCUT2D eigenvalue weighted by molar-refractivity contribution is 5.96. The Morgan fingerprint density at radius 2 is 1.82 bits per heavy atom. The van der Waals surface area contributed by atoms with Crippen LogP contribution < -0.4 is 15.2 Å². The topological polar surface area (TPSA) is 78.6 Å². The molecule has 2 N–H and O–H groups in total. The molecular formula is C17H17NO4. The largest absolute Gasteiger partial charge is 0.497 e. The maximum Gasteiger partial charge on any atom is 0.311 e. The minimum atomic E-state index is -0.659. The van der Waals surface area contributed by atoms with Crippen molar-refractivity contribution in [3.8, 4) is 11.5 Å². The molecular weight excluding hydrogens is 282 g/mol. The molecule has 2 aromatic carbocycles. The Labute approximate surface area is 128 Å². The lowest BCUT2D eigenvalue weighted by atomic mass is 10.1. The van der Waals surface area contributed by atoms with E-state index in [1.807, 2.05) is 30.3 Å². The highest BCUT2D eigenvalue weighted by Gasteiger charge is 2.14. The van der Waals surface area contributed by atoms with Crippen LogP contribution in [0, 0.1) is 0 Å². The Morgan fingerprint density at radius 3 is 2.45 bits per heavy atom. The summed E-state index contributed by atoms with van der Waals surface area (Å²) in [5.41, 5.74) is 6.46. The molecule has 0 heterocycles. The van der Waals surface area contributed by atoms with E-state index in [0.29, 0.717) is 12.2 Å². The lowest BCUT2D eigenvalue weighted by molar-refractivity contribution is -0.134. The molecule has 0 atom stereocenters. The number of esters is 1. The fourth-order valence-electron chi connectivity index (χ4n) is 1.98. The third kappa shape index (κ3) is 4.09. The third-order valence-electron chi connectivity index (χ3n) is 3.14. The van der Waals surface area contributed by atoms with E-state index >= 15 is 0 Å². The highest BCUT2D eigenvalue weighted by atomic mass is 16.5. The first-order valence-corrected chi connectivity index (χ1v) is 6.82. The van der Waals surface area contributed by atoms with Gasteiger partial charge >= 0.3 is 5.97 Å². The van der Waals surface area contributed by atoms with Crippen LogP contribution in [0.4, 0.5) is 0 Å². The quantitative estimate of drug-likeness (QED) is 0.656. The van der Waals surface area contributed by atoms with Gasteiger partial charge in [0.2, 0.25) is 0 Å². The Morgan fingerprint density at radius 1 is 1.09 bits per heavy atom. The van der Waals surface area contributed by atoms with Crippen LogP contribution in [0.1, 0.15) is 22.3 Å². The Hall–Kier alpha value is -2.82. The summed E-state index contributed by atoms with van der Waals surface area (Å²) in [6.07, 6.45) is 0.773. The van der Waals surface area contributed by atoms with Crippen molar-refractivity contribution in [3.05, 3.63) is 59.7 Å². The van der Waals surface area contributed by atoms with E-state index in [1.54, 1.807) is 6.07 Å². The van der Waals surface area contributed by atoms with Crippen molar-refractivity contribution < 1.29 is 19.1 Å². The summed E-state index contributed by atoms with van der Waals surface area (Å²) >= 11 is 0. The summed E-state index contributed by atoms with van der Waals surface area (Å²) in [6.45, 7) is 0. The average Bonchev–Trinajstić information content (AvgIpc) is 2.53. The highest BCUT2D eigenvalue weighted by Crippen LogP contribution is 2.25. The number of hydrogen-bond donors (Lipinski definition) is 1. The maximum atomic E-state index is 11.9. The van der Waals surface area contributed by atoms with E-state index in [9.17, 15) is 9.59 Å². The monoisotopic (exact) mass is 299 g/mol. The number of methoxy groups -OCH3 is 1. The number of benzene rings is 2. The first-order valence-electron chi connectivity index (χ1n) is 6.82. The van der Waals surface area contributed by atoms with Crippen molar-refractivity contribution in [2.45, 2.75) is 12.8 Å².